The Hall–Kier alpha value is -3.88. The van der Waals surface area contributed by atoms with Gasteiger partial charge in [-0.1, -0.05) is 53.7 Å². The quantitative estimate of drug-likeness (QED) is 0.261. The van der Waals surface area contributed by atoms with E-state index in [4.69, 9.17) is 9.47 Å². The Morgan fingerprint density at radius 3 is 2.03 bits per heavy atom. The number of hydrogen-bond acceptors (Lipinski definition) is 7. The topological polar surface area (TPSA) is 87.8 Å². The lowest BCUT2D eigenvalue weighted by atomic mass is 9.97. The van der Waals surface area contributed by atoms with Crippen LogP contribution in [0.25, 0.3) is 17.2 Å². The van der Waals surface area contributed by atoms with E-state index < -0.39 is 0 Å². The first kappa shape index (κ1) is 30.3. The molecular formula is C29H41FN6O2. The highest BCUT2D eigenvalue weighted by atomic mass is 19.1. The maximum Gasteiger partial charge on any atom is 0.187 e. The van der Waals surface area contributed by atoms with Gasteiger partial charge in [0.1, 0.15) is 34.5 Å². The van der Waals surface area contributed by atoms with Gasteiger partial charge < -0.3 is 9.47 Å². The highest BCUT2D eigenvalue weighted by molar-refractivity contribution is 5.63. The van der Waals surface area contributed by atoms with Gasteiger partial charge in [-0.3, -0.25) is 4.57 Å². The second-order valence-corrected chi connectivity index (χ2v) is 8.58. The largest absolute Gasteiger partial charge is 0.494 e. The number of rotatable bonds is 7. The Kier molecular flexibility index (Phi) is 11.8. The Balaban J connectivity index is 0.000000430. The molecule has 0 saturated heterocycles. The van der Waals surface area contributed by atoms with E-state index in [1.54, 1.807) is 14.2 Å². The fourth-order valence-corrected chi connectivity index (χ4v) is 3.50. The molecule has 0 aliphatic heterocycles. The average molecular weight is 525 g/mol. The lowest BCUT2D eigenvalue weighted by molar-refractivity contribution is 0.391. The van der Waals surface area contributed by atoms with E-state index in [0.29, 0.717) is 29.1 Å². The Morgan fingerprint density at radius 1 is 0.921 bits per heavy atom. The highest BCUT2D eigenvalue weighted by Gasteiger charge is 2.21. The van der Waals surface area contributed by atoms with Crippen LogP contribution in [0.15, 0.2) is 48.8 Å². The standard InChI is InChI=1S/C18H20N4O2.C9H13FN2.C2H6.H2/c1-5-13-8-6-9-14(19-13)18-21-20-12(2)22(18)17-15(23-3)10-7-11-16(17)24-4;1-6(2)7(3)9-11-4-8(10)5-12-9;1-2;/h6-11H,5H2,1-4H3;4-7H,1-3H3;1-2H3;1H/t;7-;;/m.0../s1. The van der Waals surface area contributed by atoms with E-state index in [1.807, 2.05) is 68.7 Å². The first-order valence-electron chi connectivity index (χ1n) is 12.9. The predicted molar refractivity (Wildman–Crippen MR) is 151 cm³/mol. The molecule has 0 spiro atoms. The molecule has 1 atom stereocenters. The Labute approximate surface area is 226 Å². The minimum atomic E-state index is -0.380. The summed E-state index contributed by atoms with van der Waals surface area (Å²) in [4.78, 5) is 12.5. The molecule has 0 fully saturated rings. The second kappa shape index (κ2) is 14.8. The molecule has 0 aliphatic rings. The number of ether oxygens (including phenoxy) is 2. The lowest BCUT2D eigenvalue weighted by Gasteiger charge is -2.16. The van der Waals surface area contributed by atoms with Gasteiger partial charge in [0.2, 0.25) is 0 Å². The van der Waals surface area contributed by atoms with Crippen molar-refractivity contribution in [3.63, 3.8) is 0 Å². The molecule has 38 heavy (non-hydrogen) atoms. The van der Waals surface area contributed by atoms with Gasteiger partial charge in [-0.2, -0.15) is 0 Å². The first-order valence-corrected chi connectivity index (χ1v) is 12.9. The summed E-state index contributed by atoms with van der Waals surface area (Å²) in [6.07, 6.45) is 3.28. The van der Waals surface area contributed by atoms with Crippen LogP contribution in [0.5, 0.6) is 11.5 Å². The van der Waals surface area contributed by atoms with Gasteiger partial charge in [0.15, 0.2) is 11.6 Å². The first-order chi connectivity index (χ1) is 18.3. The second-order valence-electron chi connectivity index (χ2n) is 8.58. The third-order valence-corrected chi connectivity index (χ3v) is 5.90. The molecule has 206 valence electrons. The van der Waals surface area contributed by atoms with Crippen molar-refractivity contribution in [2.75, 3.05) is 14.2 Å². The molecule has 0 bridgehead atoms. The average Bonchev–Trinajstić information content (AvgIpc) is 3.34. The van der Waals surface area contributed by atoms with Crippen molar-refractivity contribution in [2.24, 2.45) is 5.92 Å². The summed E-state index contributed by atoms with van der Waals surface area (Å²) in [6.45, 7) is 14.2. The normalized spacial score (nSPS) is 11.1. The van der Waals surface area contributed by atoms with Crippen molar-refractivity contribution in [1.82, 2.24) is 29.7 Å². The number of hydrogen-bond donors (Lipinski definition) is 0. The molecule has 9 heteroatoms. The molecule has 0 unspecified atom stereocenters. The molecule has 3 heterocycles. The van der Waals surface area contributed by atoms with Crippen molar-refractivity contribution in [3.8, 4) is 28.7 Å². The van der Waals surface area contributed by atoms with Crippen molar-refractivity contribution < 1.29 is 15.3 Å². The van der Waals surface area contributed by atoms with Crippen molar-refractivity contribution >= 4 is 0 Å². The summed E-state index contributed by atoms with van der Waals surface area (Å²) < 4.78 is 25.4. The summed E-state index contributed by atoms with van der Waals surface area (Å²) in [5.74, 6) is 3.86. The smallest absolute Gasteiger partial charge is 0.187 e. The van der Waals surface area contributed by atoms with E-state index >= 15 is 0 Å². The summed E-state index contributed by atoms with van der Waals surface area (Å²) in [7, 11) is 3.27. The summed E-state index contributed by atoms with van der Waals surface area (Å²) in [5, 5.41) is 8.57. The van der Waals surface area contributed by atoms with Gasteiger partial charge in [0.05, 0.1) is 26.6 Å². The van der Waals surface area contributed by atoms with Gasteiger partial charge in [-0.25, -0.2) is 19.3 Å². The van der Waals surface area contributed by atoms with Crippen LogP contribution in [0.3, 0.4) is 0 Å². The highest BCUT2D eigenvalue weighted by Crippen LogP contribution is 2.35. The summed E-state index contributed by atoms with van der Waals surface area (Å²) in [6, 6.07) is 11.6. The molecule has 4 rings (SSSR count). The monoisotopic (exact) mass is 524 g/mol. The van der Waals surface area contributed by atoms with Crippen molar-refractivity contribution in [3.05, 3.63) is 72.0 Å². The van der Waals surface area contributed by atoms with Gasteiger partial charge in [0.25, 0.3) is 0 Å². The number of nitrogens with zero attached hydrogens (tertiary/aromatic N) is 6. The summed E-state index contributed by atoms with van der Waals surface area (Å²) in [5.41, 5.74) is 2.54. The van der Waals surface area contributed by atoms with Gasteiger partial charge in [-0.15, -0.1) is 10.2 Å². The Bertz CT molecular complexity index is 1260. The fraction of sp³-hybridized carbons (Fsp3) is 0.414. The number of aryl methyl sites for hydroxylation is 2. The molecular weight excluding hydrogens is 483 g/mol. The molecule has 4 aromatic rings. The minimum absolute atomic E-state index is 0. The lowest BCUT2D eigenvalue weighted by Crippen LogP contribution is -2.06. The van der Waals surface area contributed by atoms with E-state index in [-0.39, 0.29) is 13.2 Å². The van der Waals surface area contributed by atoms with Gasteiger partial charge >= 0.3 is 0 Å². The maximum absolute atomic E-state index is 12.4. The predicted octanol–water partition coefficient (Wildman–Crippen LogP) is 6.86. The molecule has 0 saturated carbocycles. The number of para-hydroxylation sites is 1. The van der Waals surface area contributed by atoms with Crippen molar-refractivity contribution in [1.29, 1.82) is 0 Å². The van der Waals surface area contributed by atoms with E-state index in [2.05, 4.69) is 45.9 Å². The number of methoxy groups -OCH3 is 2. The zero-order chi connectivity index (χ0) is 28.2. The van der Waals surface area contributed by atoms with Gasteiger partial charge in [0, 0.05) is 13.0 Å². The molecule has 1 aromatic carbocycles. The Morgan fingerprint density at radius 2 is 1.50 bits per heavy atom. The molecule has 0 N–H and O–H groups in total. The van der Waals surface area contributed by atoms with Crippen LogP contribution >= 0.6 is 0 Å². The SMILES string of the molecule is CC.CC(C)[C@H](C)c1ncc(F)cn1.CCc1cccc(-c2nnc(C)n2-c2c(OC)cccc2OC)n1.[HH]. The molecule has 3 aromatic heterocycles. The number of pyridine rings is 1. The fourth-order valence-electron chi connectivity index (χ4n) is 3.50. The zero-order valence-corrected chi connectivity index (χ0v) is 23.9. The number of aromatic nitrogens is 6. The maximum atomic E-state index is 12.4. The van der Waals surface area contributed by atoms with Crippen LogP contribution in [0.4, 0.5) is 4.39 Å². The van der Waals surface area contributed by atoms with Crippen LogP contribution in [0, 0.1) is 18.7 Å². The molecule has 0 aliphatic carbocycles. The van der Waals surface area contributed by atoms with Crippen LogP contribution in [0.1, 0.15) is 66.2 Å². The molecule has 0 amide bonds. The molecule has 0 radical (unpaired) electrons. The number of halogens is 1. The van der Waals surface area contributed by atoms with E-state index in [1.165, 1.54) is 12.4 Å². The summed E-state index contributed by atoms with van der Waals surface area (Å²) >= 11 is 0. The van der Waals surface area contributed by atoms with Crippen LogP contribution in [0.2, 0.25) is 0 Å². The number of benzene rings is 1. The van der Waals surface area contributed by atoms with E-state index in [9.17, 15) is 4.39 Å². The van der Waals surface area contributed by atoms with Crippen LogP contribution in [-0.2, 0) is 6.42 Å². The minimum Gasteiger partial charge on any atom is -0.494 e. The van der Waals surface area contributed by atoms with Crippen LogP contribution < -0.4 is 9.47 Å². The zero-order valence-electron chi connectivity index (χ0n) is 23.9. The van der Waals surface area contributed by atoms with Crippen LogP contribution in [-0.4, -0.2) is 43.9 Å². The van der Waals surface area contributed by atoms with Gasteiger partial charge in [-0.05, 0) is 43.5 Å². The molecule has 8 nitrogen and oxygen atoms in total. The van der Waals surface area contributed by atoms with E-state index in [0.717, 1.165) is 29.3 Å². The third kappa shape index (κ3) is 7.34. The van der Waals surface area contributed by atoms with Crippen molar-refractivity contribution in [2.45, 2.75) is 60.8 Å². The third-order valence-electron chi connectivity index (χ3n) is 5.90.